The molecule has 9 nitrogen and oxygen atoms in total. The predicted octanol–water partition coefficient (Wildman–Crippen LogP) is 3.18. The number of hydrogen-bond donors (Lipinski definition) is 1. The van der Waals surface area contributed by atoms with Crippen molar-refractivity contribution in [1.82, 2.24) is 29.2 Å². The molecule has 4 aromatic rings. The second-order valence-electron chi connectivity index (χ2n) is 6.57. The van der Waals surface area contributed by atoms with Crippen LogP contribution >= 0.6 is 23.4 Å². The minimum atomic E-state index is -0.446. The summed E-state index contributed by atoms with van der Waals surface area (Å²) in [5.41, 5.74) is 0.518. The first-order chi connectivity index (χ1) is 14.6. The molecule has 0 bridgehead atoms. The highest BCUT2D eigenvalue weighted by atomic mass is 35.5. The minimum absolute atomic E-state index is 0.0816. The highest BCUT2D eigenvalue weighted by molar-refractivity contribution is 7.99. The Hall–Kier alpha value is -2.85. The summed E-state index contributed by atoms with van der Waals surface area (Å²) in [5, 5.41) is 4.43. The second-order valence-corrected chi connectivity index (χ2v) is 7.97. The third-order valence-corrected chi connectivity index (χ3v) is 5.53. The molecule has 0 saturated heterocycles. The summed E-state index contributed by atoms with van der Waals surface area (Å²) in [6.07, 6.45) is 1.69. The van der Waals surface area contributed by atoms with Gasteiger partial charge in [0.2, 0.25) is 11.1 Å². The third-order valence-electron chi connectivity index (χ3n) is 4.55. The Morgan fingerprint density at radius 2 is 1.93 bits per heavy atom. The van der Waals surface area contributed by atoms with Gasteiger partial charge in [-0.1, -0.05) is 60.6 Å². The van der Waals surface area contributed by atoms with E-state index in [9.17, 15) is 9.59 Å². The van der Waals surface area contributed by atoms with Crippen molar-refractivity contribution in [3.05, 3.63) is 56.5 Å². The van der Waals surface area contributed by atoms with Crippen LogP contribution in [0.25, 0.3) is 22.6 Å². The summed E-state index contributed by atoms with van der Waals surface area (Å²) in [7, 11) is 0. The summed E-state index contributed by atoms with van der Waals surface area (Å²) in [6, 6.07) is 9.48. The average Bonchev–Trinajstić information content (AvgIpc) is 3.38. The Kier molecular flexibility index (Phi) is 6.05. The highest BCUT2D eigenvalue weighted by Crippen LogP contribution is 2.21. The van der Waals surface area contributed by atoms with Gasteiger partial charge < -0.3 is 9.51 Å². The quantitative estimate of drug-likeness (QED) is 0.326. The van der Waals surface area contributed by atoms with Gasteiger partial charge in [0.25, 0.3) is 10.8 Å². The molecule has 0 fully saturated rings. The van der Waals surface area contributed by atoms with Crippen LogP contribution < -0.4 is 11.2 Å². The topological polar surface area (TPSA) is 112 Å². The molecule has 1 N–H and O–H groups in total. The maximum atomic E-state index is 12.9. The highest BCUT2D eigenvalue weighted by Gasteiger charge is 2.17. The van der Waals surface area contributed by atoms with Gasteiger partial charge in [-0.2, -0.15) is 9.97 Å². The number of halogens is 1. The average molecular weight is 447 g/mol. The molecule has 11 heteroatoms. The zero-order valence-electron chi connectivity index (χ0n) is 16.2. The first-order valence-corrected chi connectivity index (χ1v) is 10.9. The molecule has 30 heavy (non-hydrogen) atoms. The van der Waals surface area contributed by atoms with E-state index in [4.69, 9.17) is 16.1 Å². The lowest BCUT2D eigenvalue weighted by molar-refractivity contribution is 0.341. The number of unbranched alkanes of at least 4 members (excludes halogenated alkanes) is 1. The van der Waals surface area contributed by atoms with Crippen molar-refractivity contribution in [3.8, 4) is 11.4 Å². The molecule has 0 saturated carbocycles. The Labute approximate surface area is 180 Å². The largest absolute Gasteiger partial charge is 0.332 e. The van der Waals surface area contributed by atoms with Crippen molar-refractivity contribution in [2.24, 2.45) is 0 Å². The van der Waals surface area contributed by atoms with Gasteiger partial charge in [0.15, 0.2) is 11.2 Å². The van der Waals surface area contributed by atoms with Crippen molar-refractivity contribution < 1.29 is 4.52 Å². The molecule has 0 unspecified atom stereocenters. The number of H-pyrrole nitrogens is 1. The molecule has 3 heterocycles. The molecule has 3 aromatic heterocycles. The van der Waals surface area contributed by atoms with E-state index in [2.05, 4.69) is 20.1 Å². The van der Waals surface area contributed by atoms with Gasteiger partial charge >= 0.3 is 5.69 Å². The van der Waals surface area contributed by atoms with Crippen LogP contribution in [0.1, 0.15) is 19.8 Å². The van der Waals surface area contributed by atoms with Crippen molar-refractivity contribution >= 4 is 34.5 Å². The van der Waals surface area contributed by atoms with Gasteiger partial charge in [0.05, 0.1) is 0 Å². The third kappa shape index (κ3) is 4.05. The molecule has 0 radical (unpaired) electrons. The van der Waals surface area contributed by atoms with Gasteiger partial charge in [-0.05, 0) is 18.0 Å². The maximum absolute atomic E-state index is 12.9. The molecule has 0 aliphatic rings. The number of thioether (sulfide) groups is 1. The SMILES string of the molecule is CCCCn1c(=O)n(CCSc2nc(-c3ccccc3)no2)c(=O)c2[nH]c(Cl)nc21. The van der Waals surface area contributed by atoms with Crippen LogP contribution in [-0.4, -0.2) is 35.0 Å². The summed E-state index contributed by atoms with van der Waals surface area (Å²) in [6.45, 7) is 2.68. The van der Waals surface area contributed by atoms with E-state index in [1.807, 2.05) is 37.3 Å². The number of aromatic nitrogens is 6. The fraction of sp³-hybridized carbons (Fsp3) is 0.316. The lowest BCUT2D eigenvalue weighted by atomic mass is 10.2. The number of aromatic amines is 1. The summed E-state index contributed by atoms with van der Waals surface area (Å²) >= 11 is 7.22. The lowest BCUT2D eigenvalue weighted by Crippen LogP contribution is -2.40. The van der Waals surface area contributed by atoms with Crippen LogP contribution in [-0.2, 0) is 13.1 Å². The van der Waals surface area contributed by atoms with Crippen LogP contribution in [0.5, 0.6) is 0 Å². The van der Waals surface area contributed by atoms with E-state index in [1.165, 1.54) is 20.9 Å². The monoisotopic (exact) mass is 446 g/mol. The van der Waals surface area contributed by atoms with Gasteiger partial charge in [0, 0.05) is 24.4 Å². The molecule has 0 atom stereocenters. The van der Waals surface area contributed by atoms with Gasteiger partial charge in [-0.25, -0.2) is 4.79 Å². The van der Waals surface area contributed by atoms with Gasteiger partial charge in [-0.3, -0.25) is 13.9 Å². The standard InChI is InChI=1S/C19H19ClN6O3S/c1-2-3-9-25-15-13(21-17(20)23-15)16(27)26(19(25)28)10-11-30-18-22-14(24-29-18)12-7-5-4-6-8-12/h4-8H,2-3,9-11H2,1H3,(H,21,23). The number of nitrogens with zero attached hydrogens (tertiary/aromatic N) is 5. The zero-order valence-corrected chi connectivity index (χ0v) is 17.7. The van der Waals surface area contributed by atoms with Crippen LogP contribution in [0.2, 0.25) is 5.28 Å². The van der Waals surface area contributed by atoms with Crippen molar-refractivity contribution in [3.63, 3.8) is 0 Å². The Balaban J connectivity index is 1.55. The van der Waals surface area contributed by atoms with E-state index in [-0.39, 0.29) is 23.0 Å². The molecule has 4 rings (SSSR count). The smallest absolute Gasteiger partial charge is 0.327 e. The summed E-state index contributed by atoms with van der Waals surface area (Å²) in [5.74, 6) is 0.901. The molecule has 0 aliphatic carbocycles. The van der Waals surface area contributed by atoms with Crippen molar-refractivity contribution in [2.45, 2.75) is 38.1 Å². The van der Waals surface area contributed by atoms with E-state index in [1.54, 1.807) is 0 Å². The zero-order chi connectivity index (χ0) is 21.1. The second kappa shape index (κ2) is 8.88. The fourth-order valence-corrected chi connectivity index (χ4v) is 3.91. The Morgan fingerprint density at radius 3 is 2.70 bits per heavy atom. The minimum Gasteiger partial charge on any atom is -0.327 e. The predicted molar refractivity (Wildman–Crippen MR) is 115 cm³/mol. The van der Waals surface area contributed by atoms with Crippen molar-refractivity contribution in [1.29, 1.82) is 0 Å². The Morgan fingerprint density at radius 1 is 1.13 bits per heavy atom. The van der Waals surface area contributed by atoms with E-state index in [0.29, 0.717) is 23.3 Å². The summed E-state index contributed by atoms with van der Waals surface area (Å²) < 4.78 is 7.95. The van der Waals surface area contributed by atoms with Crippen LogP contribution in [0.3, 0.4) is 0 Å². The molecule has 0 amide bonds. The number of imidazole rings is 1. The van der Waals surface area contributed by atoms with Crippen LogP contribution in [0.4, 0.5) is 0 Å². The fourth-order valence-electron chi connectivity index (χ4n) is 3.05. The number of benzene rings is 1. The first kappa shape index (κ1) is 20.4. The summed E-state index contributed by atoms with van der Waals surface area (Å²) in [4.78, 5) is 36.9. The van der Waals surface area contributed by atoms with E-state index in [0.717, 1.165) is 18.4 Å². The van der Waals surface area contributed by atoms with Crippen molar-refractivity contribution in [2.75, 3.05) is 5.75 Å². The molecular formula is C19H19ClN6O3S. The molecule has 156 valence electrons. The first-order valence-electron chi connectivity index (χ1n) is 9.49. The Bertz CT molecular complexity index is 1280. The normalized spacial score (nSPS) is 11.4. The molecule has 0 spiro atoms. The number of hydrogen-bond acceptors (Lipinski definition) is 7. The number of aryl methyl sites for hydroxylation is 1. The number of nitrogens with one attached hydrogen (secondary N) is 1. The van der Waals surface area contributed by atoms with E-state index >= 15 is 0 Å². The molecule has 1 aromatic carbocycles. The maximum Gasteiger partial charge on any atom is 0.332 e. The van der Waals surface area contributed by atoms with Gasteiger partial charge in [-0.15, -0.1) is 0 Å². The molecular weight excluding hydrogens is 428 g/mol. The lowest BCUT2D eigenvalue weighted by Gasteiger charge is -2.10. The number of rotatable bonds is 8. The number of fused-ring (bicyclic) bond motifs is 1. The van der Waals surface area contributed by atoms with Crippen LogP contribution in [0, 0.1) is 0 Å². The van der Waals surface area contributed by atoms with Gasteiger partial charge in [0.1, 0.15) is 0 Å². The van der Waals surface area contributed by atoms with Crippen LogP contribution in [0.15, 0.2) is 49.7 Å². The van der Waals surface area contributed by atoms with E-state index < -0.39 is 11.2 Å². The molecule has 0 aliphatic heterocycles.